The molecule has 31 heavy (non-hydrogen) atoms. The normalized spacial score (nSPS) is 11.2. The molecular weight excluding hydrogens is 396 g/mol. The summed E-state index contributed by atoms with van der Waals surface area (Å²) in [7, 11) is 0. The SMILES string of the molecule is O=c1c2c(CCc3ccncc3)n[nH]c2c2cccnc2n1-c1cccc([N+](=O)[O-])c1. The lowest BCUT2D eigenvalue weighted by Crippen LogP contribution is -2.20. The van der Waals surface area contributed by atoms with Crippen molar-refractivity contribution < 1.29 is 4.92 Å². The van der Waals surface area contributed by atoms with Gasteiger partial charge in [-0.3, -0.25) is 29.6 Å². The molecule has 5 rings (SSSR count). The van der Waals surface area contributed by atoms with Crippen molar-refractivity contribution in [2.24, 2.45) is 0 Å². The van der Waals surface area contributed by atoms with Crippen molar-refractivity contribution in [2.45, 2.75) is 12.8 Å². The molecule has 0 radical (unpaired) electrons. The average Bonchev–Trinajstić information content (AvgIpc) is 3.23. The largest absolute Gasteiger partial charge is 0.277 e. The Labute approximate surface area is 175 Å². The van der Waals surface area contributed by atoms with Gasteiger partial charge in [0, 0.05) is 36.1 Å². The number of aromatic amines is 1. The van der Waals surface area contributed by atoms with Crippen molar-refractivity contribution >= 4 is 27.6 Å². The Bertz CT molecular complexity index is 1490. The standard InChI is InChI=1S/C22H16N6O3/c29-22-19-18(7-6-14-8-11-23-12-9-14)25-26-20(19)17-5-2-10-24-21(17)27(22)15-3-1-4-16(13-15)28(30)31/h1-5,8-13H,6-7H2,(H,25,26). The Hall–Kier alpha value is -4.40. The van der Waals surface area contributed by atoms with E-state index in [9.17, 15) is 14.9 Å². The number of non-ortho nitro benzene ring substituents is 1. The van der Waals surface area contributed by atoms with Gasteiger partial charge in [0.05, 0.1) is 27.2 Å². The van der Waals surface area contributed by atoms with E-state index in [1.54, 1.807) is 36.8 Å². The second kappa shape index (κ2) is 7.45. The number of nitrogens with one attached hydrogen (secondary N) is 1. The minimum absolute atomic E-state index is 0.0984. The molecule has 1 aromatic carbocycles. The highest BCUT2D eigenvalue weighted by Gasteiger charge is 2.19. The van der Waals surface area contributed by atoms with Crippen molar-refractivity contribution in [3.05, 3.63) is 98.8 Å². The number of hydrogen-bond acceptors (Lipinski definition) is 6. The van der Waals surface area contributed by atoms with Gasteiger partial charge in [0.2, 0.25) is 0 Å². The minimum atomic E-state index is -0.485. The molecule has 0 saturated carbocycles. The maximum atomic E-state index is 13.6. The summed E-state index contributed by atoms with van der Waals surface area (Å²) in [6.45, 7) is 0. The number of fused-ring (bicyclic) bond motifs is 3. The molecular formula is C22H16N6O3. The van der Waals surface area contributed by atoms with E-state index >= 15 is 0 Å². The predicted octanol–water partition coefficient (Wildman–Crippen LogP) is 3.35. The van der Waals surface area contributed by atoms with Crippen molar-refractivity contribution in [2.75, 3.05) is 0 Å². The summed E-state index contributed by atoms with van der Waals surface area (Å²) in [6.07, 6.45) is 6.30. The second-order valence-corrected chi connectivity index (χ2v) is 7.07. The van der Waals surface area contributed by atoms with E-state index < -0.39 is 4.92 Å². The molecule has 152 valence electrons. The fourth-order valence-corrected chi connectivity index (χ4v) is 3.76. The molecule has 0 fully saturated rings. The summed E-state index contributed by atoms with van der Waals surface area (Å²) >= 11 is 0. The van der Waals surface area contributed by atoms with E-state index in [0.29, 0.717) is 46.2 Å². The molecule has 0 aliphatic carbocycles. The van der Waals surface area contributed by atoms with E-state index in [-0.39, 0.29) is 11.2 Å². The highest BCUT2D eigenvalue weighted by Crippen LogP contribution is 2.25. The first-order valence-corrected chi connectivity index (χ1v) is 9.64. The Kier molecular flexibility index (Phi) is 4.47. The molecule has 9 heteroatoms. The quantitative estimate of drug-likeness (QED) is 0.349. The number of hydrogen-bond donors (Lipinski definition) is 1. The lowest BCUT2D eigenvalue weighted by atomic mass is 10.1. The lowest BCUT2D eigenvalue weighted by molar-refractivity contribution is -0.384. The molecule has 9 nitrogen and oxygen atoms in total. The number of aryl methyl sites for hydroxylation is 2. The molecule has 5 aromatic rings. The molecule has 0 amide bonds. The maximum Gasteiger partial charge on any atom is 0.271 e. The van der Waals surface area contributed by atoms with E-state index in [1.165, 1.54) is 16.7 Å². The summed E-state index contributed by atoms with van der Waals surface area (Å²) in [4.78, 5) is 32.8. The molecule has 0 atom stereocenters. The number of benzene rings is 1. The third kappa shape index (κ3) is 3.21. The fraction of sp³-hybridized carbons (Fsp3) is 0.0909. The number of H-pyrrole nitrogens is 1. The average molecular weight is 412 g/mol. The third-order valence-electron chi connectivity index (χ3n) is 5.22. The summed E-state index contributed by atoms with van der Waals surface area (Å²) in [5, 5.41) is 19.8. The molecule has 0 unspecified atom stereocenters. The van der Waals surface area contributed by atoms with E-state index in [1.807, 2.05) is 18.2 Å². The van der Waals surface area contributed by atoms with Gasteiger partial charge in [-0.2, -0.15) is 5.10 Å². The number of nitro groups is 1. The first kappa shape index (κ1) is 18.6. The number of pyridine rings is 3. The second-order valence-electron chi connectivity index (χ2n) is 7.07. The van der Waals surface area contributed by atoms with Crippen LogP contribution in [0.15, 0.2) is 71.9 Å². The van der Waals surface area contributed by atoms with Crippen LogP contribution in [0.1, 0.15) is 11.3 Å². The molecule has 0 spiro atoms. The van der Waals surface area contributed by atoms with Gasteiger partial charge in [-0.1, -0.05) is 6.07 Å². The Morgan fingerprint density at radius 1 is 1.03 bits per heavy atom. The van der Waals surface area contributed by atoms with Gasteiger partial charge in [0.15, 0.2) is 0 Å². The number of rotatable bonds is 5. The first-order chi connectivity index (χ1) is 15.1. The van der Waals surface area contributed by atoms with Crippen LogP contribution >= 0.6 is 0 Å². The number of nitro benzene ring substituents is 1. The highest BCUT2D eigenvalue weighted by atomic mass is 16.6. The summed E-state index contributed by atoms with van der Waals surface area (Å²) in [5.41, 5.74) is 2.71. The van der Waals surface area contributed by atoms with Crippen LogP contribution in [0.5, 0.6) is 0 Å². The Morgan fingerprint density at radius 3 is 2.68 bits per heavy atom. The van der Waals surface area contributed by atoms with Gasteiger partial charge < -0.3 is 0 Å². The van der Waals surface area contributed by atoms with Gasteiger partial charge in [-0.15, -0.1) is 0 Å². The summed E-state index contributed by atoms with van der Waals surface area (Å²) in [6, 6.07) is 13.5. The molecule has 0 aliphatic rings. The monoisotopic (exact) mass is 412 g/mol. The maximum absolute atomic E-state index is 13.6. The van der Waals surface area contributed by atoms with Gasteiger partial charge in [-0.05, 0) is 48.7 Å². The zero-order valence-electron chi connectivity index (χ0n) is 16.2. The number of nitrogens with zero attached hydrogens (tertiary/aromatic N) is 5. The van der Waals surface area contributed by atoms with Crippen LogP contribution in [0.4, 0.5) is 5.69 Å². The molecule has 4 heterocycles. The van der Waals surface area contributed by atoms with Crippen LogP contribution in [0.2, 0.25) is 0 Å². The number of aromatic nitrogens is 5. The van der Waals surface area contributed by atoms with Crippen LogP contribution in [0, 0.1) is 10.1 Å². The van der Waals surface area contributed by atoms with Crippen LogP contribution in [0.25, 0.3) is 27.6 Å². The molecule has 0 bridgehead atoms. The van der Waals surface area contributed by atoms with Gasteiger partial charge in [-0.25, -0.2) is 4.98 Å². The topological polar surface area (TPSA) is 120 Å². The predicted molar refractivity (Wildman–Crippen MR) is 115 cm³/mol. The van der Waals surface area contributed by atoms with Crippen LogP contribution < -0.4 is 5.56 Å². The fourth-order valence-electron chi connectivity index (χ4n) is 3.76. The molecule has 0 aliphatic heterocycles. The Morgan fingerprint density at radius 2 is 1.87 bits per heavy atom. The van der Waals surface area contributed by atoms with E-state index in [4.69, 9.17) is 0 Å². The lowest BCUT2D eigenvalue weighted by Gasteiger charge is -2.10. The smallest absolute Gasteiger partial charge is 0.271 e. The van der Waals surface area contributed by atoms with Gasteiger partial charge in [0.1, 0.15) is 5.65 Å². The third-order valence-corrected chi connectivity index (χ3v) is 5.22. The zero-order chi connectivity index (χ0) is 21.4. The molecule has 1 N–H and O–H groups in total. The molecule has 4 aromatic heterocycles. The molecule has 0 saturated heterocycles. The van der Waals surface area contributed by atoms with Crippen LogP contribution in [0.3, 0.4) is 0 Å². The van der Waals surface area contributed by atoms with Crippen molar-refractivity contribution in [1.29, 1.82) is 0 Å². The van der Waals surface area contributed by atoms with Gasteiger partial charge >= 0.3 is 0 Å². The highest BCUT2D eigenvalue weighted by molar-refractivity contribution is 6.03. The van der Waals surface area contributed by atoms with Crippen molar-refractivity contribution in [3.8, 4) is 5.69 Å². The van der Waals surface area contributed by atoms with Crippen molar-refractivity contribution in [3.63, 3.8) is 0 Å². The van der Waals surface area contributed by atoms with Crippen LogP contribution in [-0.4, -0.2) is 29.7 Å². The summed E-state index contributed by atoms with van der Waals surface area (Å²) < 4.78 is 1.41. The van der Waals surface area contributed by atoms with Crippen molar-refractivity contribution in [1.82, 2.24) is 24.7 Å². The summed E-state index contributed by atoms with van der Waals surface area (Å²) in [5.74, 6) is 0. The van der Waals surface area contributed by atoms with Crippen LogP contribution in [-0.2, 0) is 12.8 Å². The van der Waals surface area contributed by atoms with Gasteiger partial charge in [0.25, 0.3) is 11.2 Å². The zero-order valence-corrected chi connectivity index (χ0v) is 16.2. The minimum Gasteiger partial charge on any atom is -0.277 e. The Balaban J connectivity index is 1.73. The van der Waals surface area contributed by atoms with E-state index in [2.05, 4.69) is 20.2 Å². The van der Waals surface area contributed by atoms with E-state index in [0.717, 1.165) is 5.56 Å². The first-order valence-electron chi connectivity index (χ1n) is 9.64.